The summed E-state index contributed by atoms with van der Waals surface area (Å²) in [4.78, 5) is 12.7. The van der Waals surface area contributed by atoms with Crippen molar-refractivity contribution in [3.05, 3.63) is 70.9 Å². The van der Waals surface area contributed by atoms with Crippen LogP contribution < -0.4 is 14.8 Å². The van der Waals surface area contributed by atoms with Gasteiger partial charge in [0.05, 0.1) is 13.3 Å². The van der Waals surface area contributed by atoms with Crippen molar-refractivity contribution in [3.63, 3.8) is 0 Å². The molecule has 1 amide bonds. The van der Waals surface area contributed by atoms with Crippen molar-refractivity contribution in [1.82, 2.24) is 9.78 Å². The molecule has 152 valence electrons. The lowest BCUT2D eigenvalue weighted by atomic mass is 10.2. The van der Waals surface area contributed by atoms with Gasteiger partial charge in [-0.25, -0.2) is 4.68 Å². The van der Waals surface area contributed by atoms with Gasteiger partial charge in [-0.1, -0.05) is 43.1 Å². The maximum atomic E-state index is 12.7. The Kier molecular flexibility index (Phi) is 7.14. The van der Waals surface area contributed by atoms with Gasteiger partial charge in [0.25, 0.3) is 5.91 Å². The zero-order valence-corrected chi connectivity index (χ0v) is 17.3. The minimum Gasteiger partial charge on any atom is -0.493 e. The van der Waals surface area contributed by atoms with Crippen molar-refractivity contribution in [3.8, 4) is 11.5 Å². The van der Waals surface area contributed by atoms with Crippen molar-refractivity contribution < 1.29 is 14.3 Å². The molecule has 3 rings (SSSR count). The van der Waals surface area contributed by atoms with Crippen LogP contribution in [0.1, 0.15) is 35.7 Å². The Labute approximate surface area is 175 Å². The average molecular weight is 414 g/mol. The molecule has 0 bridgehead atoms. The lowest BCUT2D eigenvalue weighted by molar-refractivity contribution is 0.102. The molecule has 0 fully saturated rings. The van der Waals surface area contributed by atoms with Crippen molar-refractivity contribution in [2.75, 3.05) is 12.4 Å². The zero-order chi connectivity index (χ0) is 20.6. The first-order valence-electron chi connectivity index (χ1n) is 9.49. The molecule has 0 spiro atoms. The Morgan fingerprint density at radius 3 is 2.76 bits per heavy atom. The number of unbranched alkanes of at least 4 members (excludes halogenated alkanes) is 1. The summed E-state index contributed by atoms with van der Waals surface area (Å²) in [6.45, 7) is 3.18. The number of rotatable bonds is 9. The van der Waals surface area contributed by atoms with Crippen molar-refractivity contribution in [2.24, 2.45) is 0 Å². The first-order valence-corrected chi connectivity index (χ1v) is 9.87. The third kappa shape index (κ3) is 5.29. The van der Waals surface area contributed by atoms with E-state index in [0.717, 1.165) is 24.9 Å². The van der Waals surface area contributed by atoms with Crippen LogP contribution in [0.15, 0.2) is 54.7 Å². The summed E-state index contributed by atoms with van der Waals surface area (Å²) in [5.74, 6) is 1.45. The molecule has 7 heteroatoms. The van der Waals surface area contributed by atoms with Crippen LogP contribution in [0.3, 0.4) is 0 Å². The van der Waals surface area contributed by atoms with Crippen molar-refractivity contribution in [1.29, 1.82) is 0 Å². The van der Waals surface area contributed by atoms with Crippen LogP contribution in [0.2, 0.25) is 5.02 Å². The second kappa shape index (κ2) is 9.98. The normalized spacial score (nSPS) is 10.6. The smallest absolute Gasteiger partial charge is 0.256 e. The minimum absolute atomic E-state index is 0.237. The van der Waals surface area contributed by atoms with Gasteiger partial charge in [-0.2, -0.15) is 5.10 Å². The molecule has 0 saturated heterocycles. The number of carbonyl (C=O) groups excluding carboxylic acids is 1. The summed E-state index contributed by atoms with van der Waals surface area (Å²) in [6.07, 6.45) is 3.73. The van der Waals surface area contributed by atoms with E-state index in [1.165, 1.54) is 0 Å². The molecule has 0 atom stereocenters. The van der Waals surface area contributed by atoms with E-state index >= 15 is 0 Å². The standard InChI is InChI=1S/C22H24ClN3O3/c1-3-4-13-26-21(11-12-24-26)25-22(27)16-9-10-19(20(14-16)28-2)29-15-17-7-5-6-8-18(17)23/h5-12,14H,3-4,13,15H2,1-2H3,(H,25,27). The molecule has 0 radical (unpaired) electrons. The van der Waals surface area contributed by atoms with Crippen molar-refractivity contribution in [2.45, 2.75) is 32.9 Å². The van der Waals surface area contributed by atoms with Gasteiger partial charge in [-0.3, -0.25) is 4.79 Å². The fraction of sp³-hybridized carbons (Fsp3) is 0.273. The zero-order valence-electron chi connectivity index (χ0n) is 16.5. The fourth-order valence-electron chi connectivity index (χ4n) is 2.81. The number of benzene rings is 2. The molecule has 0 saturated carbocycles. The molecular weight excluding hydrogens is 390 g/mol. The topological polar surface area (TPSA) is 65.4 Å². The van der Waals surface area contributed by atoms with Gasteiger partial charge in [-0.05, 0) is 30.7 Å². The maximum absolute atomic E-state index is 12.7. The first-order chi connectivity index (χ1) is 14.1. The van der Waals surface area contributed by atoms with E-state index < -0.39 is 0 Å². The van der Waals surface area contributed by atoms with Crippen LogP contribution >= 0.6 is 11.6 Å². The Bertz CT molecular complexity index is 971. The molecule has 0 unspecified atom stereocenters. The predicted octanol–water partition coefficient (Wildman–Crippen LogP) is 5.18. The molecule has 3 aromatic rings. The van der Waals surface area contributed by atoms with Gasteiger partial charge in [0, 0.05) is 28.8 Å². The third-order valence-electron chi connectivity index (χ3n) is 4.45. The largest absolute Gasteiger partial charge is 0.493 e. The molecule has 2 aromatic carbocycles. The second-order valence-electron chi connectivity index (χ2n) is 6.49. The summed E-state index contributed by atoms with van der Waals surface area (Å²) in [5, 5.41) is 7.80. The van der Waals surface area contributed by atoms with Crippen LogP contribution in [0.25, 0.3) is 0 Å². The highest BCUT2D eigenvalue weighted by Crippen LogP contribution is 2.30. The van der Waals surface area contributed by atoms with Gasteiger partial charge in [-0.15, -0.1) is 0 Å². The highest BCUT2D eigenvalue weighted by molar-refractivity contribution is 6.31. The lowest BCUT2D eigenvalue weighted by Gasteiger charge is -2.13. The number of hydrogen-bond donors (Lipinski definition) is 1. The van der Waals surface area contributed by atoms with E-state index in [2.05, 4.69) is 17.3 Å². The Morgan fingerprint density at radius 2 is 2.00 bits per heavy atom. The Morgan fingerprint density at radius 1 is 1.17 bits per heavy atom. The molecule has 1 aromatic heterocycles. The summed E-state index contributed by atoms with van der Waals surface area (Å²) in [7, 11) is 1.54. The molecule has 0 aliphatic carbocycles. The molecule has 1 N–H and O–H groups in total. The number of hydrogen-bond acceptors (Lipinski definition) is 4. The number of aryl methyl sites for hydroxylation is 1. The number of methoxy groups -OCH3 is 1. The number of aromatic nitrogens is 2. The van der Waals surface area contributed by atoms with Gasteiger partial charge < -0.3 is 14.8 Å². The number of ether oxygens (including phenoxy) is 2. The molecular formula is C22H24ClN3O3. The van der Waals surface area contributed by atoms with Gasteiger partial charge >= 0.3 is 0 Å². The van der Waals surface area contributed by atoms with Crippen molar-refractivity contribution >= 4 is 23.3 Å². The SMILES string of the molecule is CCCCn1nccc1NC(=O)c1ccc(OCc2ccccc2Cl)c(OC)c1. The maximum Gasteiger partial charge on any atom is 0.256 e. The number of anilines is 1. The van der Waals surface area contributed by atoms with Crippen LogP contribution in [-0.2, 0) is 13.2 Å². The van der Waals surface area contributed by atoms with E-state index in [1.807, 2.05) is 24.3 Å². The molecule has 0 aliphatic heterocycles. The highest BCUT2D eigenvalue weighted by atomic mass is 35.5. The minimum atomic E-state index is -0.237. The summed E-state index contributed by atoms with van der Waals surface area (Å²) in [6, 6.07) is 14.4. The van der Waals surface area contributed by atoms with Crippen LogP contribution in [0.5, 0.6) is 11.5 Å². The highest BCUT2D eigenvalue weighted by Gasteiger charge is 2.14. The summed E-state index contributed by atoms with van der Waals surface area (Å²) in [5.41, 5.74) is 1.34. The number of halogens is 1. The van der Waals surface area contributed by atoms with E-state index in [1.54, 1.807) is 42.3 Å². The Balaban J connectivity index is 1.70. The number of amides is 1. The summed E-state index contributed by atoms with van der Waals surface area (Å²) < 4.78 is 13.0. The quantitative estimate of drug-likeness (QED) is 0.525. The number of carbonyl (C=O) groups is 1. The number of nitrogens with zero attached hydrogens (tertiary/aromatic N) is 2. The Hall–Kier alpha value is -2.99. The van der Waals surface area contributed by atoms with E-state index in [9.17, 15) is 4.79 Å². The fourth-order valence-corrected chi connectivity index (χ4v) is 3.00. The van der Waals surface area contributed by atoms with Crippen LogP contribution in [0, 0.1) is 0 Å². The van der Waals surface area contributed by atoms with Gasteiger partial charge in [0.15, 0.2) is 11.5 Å². The van der Waals surface area contributed by atoms with E-state index in [-0.39, 0.29) is 5.91 Å². The van der Waals surface area contributed by atoms with Crippen LogP contribution in [0.4, 0.5) is 5.82 Å². The first kappa shape index (κ1) is 20.7. The average Bonchev–Trinajstić information content (AvgIpc) is 3.18. The van der Waals surface area contributed by atoms with E-state index in [4.69, 9.17) is 21.1 Å². The monoisotopic (exact) mass is 413 g/mol. The third-order valence-corrected chi connectivity index (χ3v) is 4.82. The summed E-state index contributed by atoms with van der Waals surface area (Å²) >= 11 is 6.17. The predicted molar refractivity (Wildman–Crippen MR) is 114 cm³/mol. The van der Waals surface area contributed by atoms with Crippen LogP contribution in [-0.4, -0.2) is 22.8 Å². The number of nitrogens with one attached hydrogen (secondary N) is 1. The molecule has 6 nitrogen and oxygen atoms in total. The second-order valence-corrected chi connectivity index (χ2v) is 6.90. The molecule has 0 aliphatic rings. The van der Waals surface area contributed by atoms with E-state index in [0.29, 0.717) is 34.5 Å². The van der Waals surface area contributed by atoms with Gasteiger partial charge in [0.2, 0.25) is 0 Å². The molecule has 29 heavy (non-hydrogen) atoms. The molecule has 1 heterocycles. The van der Waals surface area contributed by atoms with Gasteiger partial charge in [0.1, 0.15) is 12.4 Å². The lowest BCUT2D eigenvalue weighted by Crippen LogP contribution is -2.16.